The van der Waals surface area contributed by atoms with E-state index in [1.807, 2.05) is 55.5 Å². The van der Waals surface area contributed by atoms with Gasteiger partial charge in [0.05, 0.1) is 10.8 Å². The smallest absolute Gasteiger partial charge is 0.106 e. The van der Waals surface area contributed by atoms with Crippen molar-refractivity contribution in [3.8, 4) is 0 Å². The molecule has 0 radical (unpaired) electrons. The van der Waals surface area contributed by atoms with E-state index in [9.17, 15) is 4.21 Å². The summed E-state index contributed by atoms with van der Waals surface area (Å²) < 4.78 is 12.6. The third-order valence-electron chi connectivity index (χ3n) is 2.99. The van der Waals surface area contributed by atoms with Gasteiger partial charge in [0.25, 0.3) is 0 Å². The summed E-state index contributed by atoms with van der Waals surface area (Å²) >= 11 is 6.13. The number of hydrogen-bond donors (Lipinski definition) is 0. The Labute approximate surface area is 127 Å². The Balaban J connectivity index is 1.96. The molecule has 1 nitrogen and oxygen atoms in total. The lowest BCUT2D eigenvalue weighted by molar-refractivity contribution is 0.687. The minimum atomic E-state index is -1.27. The van der Waals surface area contributed by atoms with Crippen LogP contribution in [0.3, 0.4) is 0 Å². The third kappa shape index (κ3) is 4.32. The number of allylic oxidation sites excluding steroid dienone is 1. The molecule has 0 saturated carbocycles. The second-order valence-corrected chi connectivity index (χ2v) is 6.69. The fraction of sp³-hybridized carbons (Fsp3) is 0.176. The maximum absolute atomic E-state index is 12.2. The van der Waals surface area contributed by atoms with Crippen LogP contribution in [0, 0.1) is 6.92 Å². The summed E-state index contributed by atoms with van der Waals surface area (Å²) in [4.78, 5) is 0.747. The first-order valence-electron chi connectivity index (χ1n) is 6.55. The summed E-state index contributed by atoms with van der Waals surface area (Å²) in [6, 6.07) is 17.8. The molecule has 0 heterocycles. The first-order chi connectivity index (χ1) is 9.66. The summed E-state index contributed by atoms with van der Waals surface area (Å²) in [7, 11) is -1.27. The Morgan fingerprint density at radius 1 is 1.10 bits per heavy atom. The Kier molecular flexibility index (Phi) is 5.57. The van der Waals surface area contributed by atoms with Gasteiger partial charge in [0.15, 0.2) is 0 Å². The van der Waals surface area contributed by atoms with E-state index in [1.165, 1.54) is 5.56 Å². The zero-order valence-corrected chi connectivity index (χ0v) is 13.0. The lowest BCUT2D eigenvalue weighted by Crippen LogP contribution is -1.92. The highest BCUT2D eigenvalue weighted by Gasteiger charge is 2.07. The normalized spacial score (nSPS) is 13.2. The van der Waals surface area contributed by atoms with Gasteiger partial charge in [-0.1, -0.05) is 65.7 Å². The molecule has 3 heteroatoms. The highest BCUT2D eigenvalue weighted by atomic mass is 35.5. The summed E-state index contributed by atoms with van der Waals surface area (Å²) in [5.41, 5.74) is 2.41. The van der Waals surface area contributed by atoms with Crippen molar-refractivity contribution >= 4 is 22.4 Å². The summed E-state index contributed by atoms with van der Waals surface area (Å²) in [6.45, 7) is 2.00. The SMILES string of the molecule is Cc1ccc(S(=O)/C(Cl)=C/CCc2ccccc2)cc1. The minimum Gasteiger partial charge on any atom is -0.248 e. The molecule has 0 N–H and O–H groups in total. The number of rotatable bonds is 5. The van der Waals surface area contributed by atoms with Crippen LogP contribution in [0.15, 0.2) is 69.9 Å². The Morgan fingerprint density at radius 3 is 2.40 bits per heavy atom. The van der Waals surface area contributed by atoms with Gasteiger partial charge < -0.3 is 0 Å². The number of benzene rings is 2. The molecule has 2 aromatic rings. The molecule has 104 valence electrons. The topological polar surface area (TPSA) is 17.1 Å². The molecule has 1 unspecified atom stereocenters. The van der Waals surface area contributed by atoms with E-state index in [4.69, 9.17) is 11.6 Å². The van der Waals surface area contributed by atoms with Crippen LogP contribution in [0.25, 0.3) is 0 Å². The number of halogens is 1. The number of hydrogen-bond acceptors (Lipinski definition) is 1. The Hall–Kier alpha value is -1.38. The molecular formula is C17H17ClOS. The van der Waals surface area contributed by atoms with Crippen LogP contribution in [0.5, 0.6) is 0 Å². The fourth-order valence-corrected chi connectivity index (χ4v) is 3.10. The van der Waals surface area contributed by atoms with E-state index < -0.39 is 10.8 Å². The van der Waals surface area contributed by atoms with Crippen LogP contribution >= 0.6 is 11.6 Å². The van der Waals surface area contributed by atoms with Gasteiger partial charge in [-0.3, -0.25) is 0 Å². The van der Waals surface area contributed by atoms with Gasteiger partial charge in [-0.25, -0.2) is 4.21 Å². The van der Waals surface area contributed by atoms with Crippen molar-refractivity contribution < 1.29 is 4.21 Å². The van der Waals surface area contributed by atoms with Crippen molar-refractivity contribution in [3.63, 3.8) is 0 Å². The van der Waals surface area contributed by atoms with E-state index >= 15 is 0 Å². The van der Waals surface area contributed by atoms with Crippen molar-refractivity contribution in [3.05, 3.63) is 76.2 Å². The van der Waals surface area contributed by atoms with E-state index in [-0.39, 0.29) is 0 Å². The minimum absolute atomic E-state index is 0.407. The standard InChI is InChI=1S/C17H17ClOS/c1-14-10-12-16(13-11-14)20(19)17(18)9-5-8-15-6-3-2-4-7-15/h2-4,6-7,9-13H,5,8H2,1H3/b17-9+. The first kappa shape index (κ1) is 15.0. The monoisotopic (exact) mass is 304 g/mol. The summed E-state index contributed by atoms with van der Waals surface area (Å²) in [6.07, 6.45) is 3.55. The van der Waals surface area contributed by atoms with E-state index in [1.54, 1.807) is 0 Å². The predicted octanol–water partition coefficient (Wildman–Crippen LogP) is 4.82. The average molecular weight is 305 g/mol. The van der Waals surface area contributed by atoms with Crippen LogP contribution < -0.4 is 0 Å². The Bertz CT molecular complexity index is 603. The van der Waals surface area contributed by atoms with E-state index in [2.05, 4.69) is 12.1 Å². The molecule has 20 heavy (non-hydrogen) atoms. The van der Waals surface area contributed by atoms with Crippen molar-refractivity contribution in [2.75, 3.05) is 0 Å². The molecule has 0 fully saturated rings. The summed E-state index contributed by atoms with van der Waals surface area (Å²) in [5.74, 6) is 0. The van der Waals surface area contributed by atoms with Gasteiger partial charge in [0.2, 0.25) is 0 Å². The predicted molar refractivity (Wildman–Crippen MR) is 86.3 cm³/mol. The van der Waals surface area contributed by atoms with Gasteiger partial charge in [0, 0.05) is 4.90 Å². The van der Waals surface area contributed by atoms with Crippen LogP contribution in [0.2, 0.25) is 0 Å². The molecule has 1 atom stereocenters. The Morgan fingerprint density at radius 2 is 1.75 bits per heavy atom. The van der Waals surface area contributed by atoms with Crippen molar-refractivity contribution in [2.45, 2.75) is 24.7 Å². The van der Waals surface area contributed by atoms with Crippen LogP contribution in [0.4, 0.5) is 0 Å². The van der Waals surface area contributed by atoms with Gasteiger partial charge >= 0.3 is 0 Å². The van der Waals surface area contributed by atoms with E-state index in [0.717, 1.165) is 23.3 Å². The van der Waals surface area contributed by atoms with Gasteiger partial charge in [-0.2, -0.15) is 0 Å². The lowest BCUT2D eigenvalue weighted by atomic mass is 10.1. The lowest BCUT2D eigenvalue weighted by Gasteiger charge is -2.02. The van der Waals surface area contributed by atoms with Crippen molar-refractivity contribution in [1.29, 1.82) is 0 Å². The highest BCUT2D eigenvalue weighted by Crippen LogP contribution is 2.19. The molecule has 0 aliphatic heterocycles. The molecular weight excluding hydrogens is 288 g/mol. The van der Waals surface area contributed by atoms with Crippen LogP contribution in [0.1, 0.15) is 17.5 Å². The van der Waals surface area contributed by atoms with Crippen molar-refractivity contribution in [1.82, 2.24) is 0 Å². The van der Waals surface area contributed by atoms with Crippen LogP contribution in [-0.2, 0) is 17.2 Å². The van der Waals surface area contributed by atoms with E-state index in [0.29, 0.717) is 4.36 Å². The first-order valence-corrected chi connectivity index (χ1v) is 8.07. The largest absolute Gasteiger partial charge is 0.248 e. The van der Waals surface area contributed by atoms with Gasteiger partial charge in [-0.05, 0) is 37.5 Å². The molecule has 0 saturated heterocycles. The average Bonchev–Trinajstić information content (AvgIpc) is 2.48. The molecule has 0 aliphatic carbocycles. The highest BCUT2D eigenvalue weighted by molar-refractivity contribution is 7.90. The van der Waals surface area contributed by atoms with Gasteiger partial charge in [0.1, 0.15) is 4.36 Å². The maximum atomic E-state index is 12.2. The van der Waals surface area contributed by atoms with Crippen molar-refractivity contribution in [2.24, 2.45) is 0 Å². The molecule has 0 aromatic heterocycles. The second kappa shape index (κ2) is 7.41. The summed E-state index contributed by atoms with van der Waals surface area (Å²) in [5, 5.41) is 0. The number of aryl methyl sites for hydroxylation is 2. The quantitative estimate of drug-likeness (QED) is 0.774. The molecule has 0 aliphatic rings. The third-order valence-corrected chi connectivity index (χ3v) is 4.79. The van der Waals surface area contributed by atoms with Gasteiger partial charge in [-0.15, -0.1) is 0 Å². The fourth-order valence-electron chi connectivity index (χ4n) is 1.85. The molecule has 2 rings (SSSR count). The molecule has 2 aromatic carbocycles. The maximum Gasteiger partial charge on any atom is 0.106 e. The zero-order valence-electron chi connectivity index (χ0n) is 11.4. The molecule has 0 amide bonds. The zero-order chi connectivity index (χ0) is 14.4. The second-order valence-electron chi connectivity index (χ2n) is 4.61. The molecule has 0 spiro atoms. The molecule has 0 bridgehead atoms. The van der Waals surface area contributed by atoms with Crippen LogP contribution in [-0.4, -0.2) is 4.21 Å².